The first-order chi connectivity index (χ1) is 21.9. The van der Waals surface area contributed by atoms with E-state index in [1.807, 2.05) is 30.3 Å². The number of rotatable bonds is 8. The van der Waals surface area contributed by atoms with Crippen LogP contribution in [0.5, 0.6) is 0 Å². The molecular weight excluding hydrogens is 591 g/mol. The smallest absolute Gasteiger partial charge is 0.410 e. The first kappa shape index (κ1) is 33.2. The first-order valence-electron chi connectivity index (χ1n) is 16.2. The minimum atomic E-state index is -0.768. The minimum absolute atomic E-state index is 0.0545. The SMILES string of the molecule is CCOC(=O)C1CN(C(=O)OC(C)(C)C)CC1c1ccc2[nH]c([C@@H](NC(=O)OCc3ccccc3)C3CCC(C)CC3)nc2c1F. The maximum Gasteiger partial charge on any atom is 0.410 e. The summed E-state index contributed by atoms with van der Waals surface area (Å²) in [6.45, 7) is 9.68. The van der Waals surface area contributed by atoms with Crippen molar-refractivity contribution in [2.24, 2.45) is 17.8 Å². The zero-order valence-electron chi connectivity index (χ0n) is 27.3. The molecule has 1 saturated carbocycles. The van der Waals surface area contributed by atoms with Crippen LogP contribution >= 0.6 is 0 Å². The van der Waals surface area contributed by atoms with E-state index in [4.69, 9.17) is 19.2 Å². The number of aromatic amines is 1. The number of hydrogen-bond donors (Lipinski definition) is 2. The van der Waals surface area contributed by atoms with Crippen molar-refractivity contribution in [2.45, 2.75) is 84.5 Å². The number of aromatic nitrogens is 2. The number of ether oxygens (including phenoxy) is 3. The second-order valence-electron chi connectivity index (χ2n) is 13.5. The number of carbonyl (C=O) groups excluding carboxylic acids is 3. The maximum absolute atomic E-state index is 16.4. The number of fused-ring (bicyclic) bond motifs is 1. The molecule has 2 aliphatic rings. The standard InChI is InChI=1S/C35H45FN4O6/c1-6-44-32(41)26-19-40(34(43)46-35(3,4)5)18-25(26)24-16-17-27-30(28(24)36)38-31(37-27)29(23-14-12-21(2)13-15-23)39-33(42)45-20-22-10-8-7-9-11-22/h7-11,16-17,21,23,25-26,29H,6,12-15,18-20H2,1-5H3,(H,37,38)(H,39,42)/t21?,23?,25?,26?,29-/m0/s1. The molecule has 46 heavy (non-hydrogen) atoms. The van der Waals surface area contributed by atoms with Gasteiger partial charge in [-0.3, -0.25) is 4.79 Å². The number of nitrogens with zero attached hydrogens (tertiary/aromatic N) is 2. The maximum atomic E-state index is 16.4. The molecular formula is C35H45FN4O6. The fourth-order valence-electron chi connectivity index (χ4n) is 6.51. The Balaban J connectivity index is 1.42. The summed E-state index contributed by atoms with van der Waals surface area (Å²) in [4.78, 5) is 48.3. The third-order valence-electron chi connectivity index (χ3n) is 8.91. The monoisotopic (exact) mass is 636 g/mol. The average Bonchev–Trinajstić information content (AvgIpc) is 3.65. The average molecular weight is 637 g/mol. The summed E-state index contributed by atoms with van der Waals surface area (Å²) in [7, 11) is 0. The van der Waals surface area contributed by atoms with Gasteiger partial charge in [0.2, 0.25) is 0 Å². The summed E-state index contributed by atoms with van der Waals surface area (Å²) in [5.74, 6) is -1.36. The molecule has 2 heterocycles. The number of benzene rings is 2. The van der Waals surface area contributed by atoms with E-state index in [0.29, 0.717) is 17.3 Å². The molecule has 3 atom stereocenters. The van der Waals surface area contributed by atoms with Crippen molar-refractivity contribution >= 4 is 29.2 Å². The molecule has 10 nitrogen and oxygen atoms in total. The van der Waals surface area contributed by atoms with E-state index < -0.39 is 47.5 Å². The van der Waals surface area contributed by atoms with Crippen molar-refractivity contribution in [2.75, 3.05) is 19.7 Å². The highest BCUT2D eigenvalue weighted by Gasteiger charge is 2.44. The Labute approximate surface area is 269 Å². The summed E-state index contributed by atoms with van der Waals surface area (Å²) < 4.78 is 32.8. The number of esters is 1. The molecule has 2 aromatic carbocycles. The molecule has 0 radical (unpaired) electrons. The summed E-state index contributed by atoms with van der Waals surface area (Å²) in [5, 5.41) is 3.01. The van der Waals surface area contributed by atoms with E-state index in [1.165, 1.54) is 4.90 Å². The number of carbonyl (C=O) groups is 3. The molecule has 11 heteroatoms. The second kappa shape index (κ2) is 14.1. The highest BCUT2D eigenvalue weighted by molar-refractivity contribution is 5.80. The van der Waals surface area contributed by atoms with Crippen LogP contribution in [-0.4, -0.2) is 58.3 Å². The predicted octanol–water partition coefficient (Wildman–Crippen LogP) is 7.01. The topological polar surface area (TPSA) is 123 Å². The summed E-state index contributed by atoms with van der Waals surface area (Å²) in [5.41, 5.74) is 1.00. The molecule has 2 fully saturated rings. The van der Waals surface area contributed by atoms with Crippen LogP contribution in [0.3, 0.4) is 0 Å². The van der Waals surface area contributed by atoms with Gasteiger partial charge in [-0.2, -0.15) is 0 Å². The van der Waals surface area contributed by atoms with E-state index in [9.17, 15) is 14.4 Å². The van der Waals surface area contributed by atoms with Crippen LogP contribution in [-0.2, 0) is 25.6 Å². The van der Waals surface area contributed by atoms with Gasteiger partial charge in [0.05, 0.1) is 24.1 Å². The number of H-pyrrole nitrogens is 1. The van der Waals surface area contributed by atoms with Gasteiger partial charge in [-0.1, -0.05) is 56.2 Å². The molecule has 2 N–H and O–H groups in total. The van der Waals surface area contributed by atoms with Gasteiger partial charge in [0.15, 0.2) is 5.82 Å². The third kappa shape index (κ3) is 7.79. The number of halogens is 1. The van der Waals surface area contributed by atoms with Crippen LogP contribution in [0, 0.1) is 23.6 Å². The summed E-state index contributed by atoms with van der Waals surface area (Å²) in [6.07, 6.45) is 2.68. The van der Waals surface area contributed by atoms with Crippen LogP contribution in [0.2, 0.25) is 0 Å². The molecule has 5 rings (SSSR count). The first-order valence-corrected chi connectivity index (χ1v) is 16.2. The lowest BCUT2D eigenvalue weighted by Crippen LogP contribution is -2.36. The van der Waals surface area contributed by atoms with Gasteiger partial charge < -0.3 is 29.4 Å². The van der Waals surface area contributed by atoms with Crippen molar-refractivity contribution < 1.29 is 33.0 Å². The van der Waals surface area contributed by atoms with Crippen molar-refractivity contribution in [1.82, 2.24) is 20.2 Å². The molecule has 248 valence electrons. The van der Waals surface area contributed by atoms with E-state index >= 15 is 4.39 Å². The van der Waals surface area contributed by atoms with E-state index in [-0.39, 0.29) is 43.3 Å². The Hall–Kier alpha value is -4.15. The van der Waals surface area contributed by atoms with E-state index in [0.717, 1.165) is 31.2 Å². The fraction of sp³-hybridized carbons (Fsp3) is 0.543. The van der Waals surface area contributed by atoms with Gasteiger partial charge >= 0.3 is 18.2 Å². The molecule has 2 amide bonds. The van der Waals surface area contributed by atoms with Gasteiger partial charge in [-0.05, 0) is 69.6 Å². The number of amides is 2. The van der Waals surface area contributed by atoms with Crippen LogP contribution in [0.15, 0.2) is 42.5 Å². The van der Waals surface area contributed by atoms with Crippen LogP contribution in [0.25, 0.3) is 11.0 Å². The minimum Gasteiger partial charge on any atom is -0.466 e. The molecule has 2 unspecified atom stereocenters. The van der Waals surface area contributed by atoms with Gasteiger partial charge in [-0.25, -0.2) is 19.0 Å². The largest absolute Gasteiger partial charge is 0.466 e. The van der Waals surface area contributed by atoms with Crippen molar-refractivity contribution in [3.63, 3.8) is 0 Å². The zero-order chi connectivity index (χ0) is 33.0. The van der Waals surface area contributed by atoms with Crippen molar-refractivity contribution in [1.29, 1.82) is 0 Å². The predicted molar refractivity (Wildman–Crippen MR) is 170 cm³/mol. The lowest BCUT2D eigenvalue weighted by Gasteiger charge is -2.32. The number of nitrogens with one attached hydrogen (secondary N) is 2. The number of alkyl carbamates (subject to hydrolysis) is 1. The number of imidazole rings is 1. The van der Waals surface area contributed by atoms with Crippen molar-refractivity contribution in [3.8, 4) is 0 Å². The van der Waals surface area contributed by atoms with Gasteiger partial charge in [0.1, 0.15) is 23.5 Å². The Bertz CT molecular complexity index is 1530. The second-order valence-corrected chi connectivity index (χ2v) is 13.5. The van der Waals surface area contributed by atoms with Crippen LogP contribution in [0.1, 0.15) is 89.2 Å². The molecule has 0 bridgehead atoms. The Morgan fingerprint density at radius 3 is 2.43 bits per heavy atom. The third-order valence-corrected chi connectivity index (χ3v) is 8.91. The summed E-state index contributed by atoms with van der Waals surface area (Å²) >= 11 is 0. The summed E-state index contributed by atoms with van der Waals surface area (Å²) in [6, 6.07) is 12.3. The van der Waals surface area contributed by atoms with Gasteiger partial charge in [0.25, 0.3) is 0 Å². The fourth-order valence-corrected chi connectivity index (χ4v) is 6.51. The Kier molecular flexibility index (Phi) is 10.2. The lowest BCUT2D eigenvalue weighted by molar-refractivity contribution is -0.147. The van der Waals surface area contributed by atoms with Gasteiger partial charge in [0, 0.05) is 19.0 Å². The van der Waals surface area contributed by atoms with E-state index in [2.05, 4.69) is 17.2 Å². The Morgan fingerprint density at radius 2 is 1.76 bits per heavy atom. The quantitative estimate of drug-likeness (QED) is 0.201. The van der Waals surface area contributed by atoms with Crippen molar-refractivity contribution in [3.05, 3.63) is 65.2 Å². The molecule has 1 aliphatic heterocycles. The molecule has 0 spiro atoms. The highest BCUT2D eigenvalue weighted by Crippen LogP contribution is 2.39. The lowest BCUT2D eigenvalue weighted by atomic mass is 9.79. The zero-order valence-corrected chi connectivity index (χ0v) is 27.3. The number of likely N-dealkylation sites (tertiary alicyclic amines) is 1. The van der Waals surface area contributed by atoms with Crippen LogP contribution in [0.4, 0.5) is 14.0 Å². The molecule has 1 aliphatic carbocycles. The molecule has 3 aromatic rings. The Morgan fingerprint density at radius 1 is 1.04 bits per heavy atom. The molecule has 1 saturated heterocycles. The number of hydrogen-bond acceptors (Lipinski definition) is 7. The van der Waals surface area contributed by atoms with Crippen LogP contribution < -0.4 is 5.32 Å². The molecule has 1 aromatic heterocycles. The normalized spacial score (nSPS) is 22.3. The van der Waals surface area contributed by atoms with Gasteiger partial charge in [-0.15, -0.1) is 0 Å². The van der Waals surface area contributed by atoms with E-state index in [1.54, 1.807) is 39.8 Å². The highest BCUT2D eigenvalue weighted by atomic mass is 19.1.